The number of aromatic nitrogens is 1. The summed E-state index contributed by atoms with van der Waals surface area (Å²) in [5.74, 6) is 0.504. The molecule has 5 heteroatoms. The SMILES string of the molecule is CNc1nc(C(=O)NCC(C)OC)cc2ccccc12. The van der Waals surface area contributed by atoms with E-state index in [-0.39, 0.29) is 12.0 Å². The van der Waals surface area contributed by atoms with Crippen LogP contribution in [0.25, 0.3) is 10.8 Å². The molecule has 0 radical (unpaired) electrons. The number of nitrogens with zero attached hydrogens (tertiary/aromatic N) is 1. The predicted molar refractivity (Wildman–Crippen MR) is 80.1 cm³/mol. The fraction of sp³-hybridized carbons (Fsp3) is 0.333. The van der Waals surface area contributed by atoms with E-state index >= 15 is 0 Å². The number of amides is 1. The summed E-state index contributed by atoms with van der Waals surface area (Å²) >= 11 is 0. The highest BCUT2D eigenvalue weighted by Crippen LogP contribution is 2.21. The van der Waals surface area contributed by atoms with Crippen molar-refractivity contribution in [1.82, 2.24) is 10.3 Å². The van der Waals surface area contributed by atoms with E-state index in [0.717, 1.165) is 10.8 Å². The highest BCUT2D eigenvalue weighted by molar-refractivity contribution is 6.00. The van der Waals surface area contributed by atoms with Gasteiger partial charge in [-0.3, -0.25) is 4.79 Å². The quantitative estimate of drug-likeness (QED) is 0.875. The van der Waals surface area contributed by atoms with Crippen LogP contribution in [0.1, 0.15) is 17.4 Å². The summed E-state index contributed by atoms with van der Waals surface area (Å²) in [4.78, 5) is 16.5. The second-order valence-electron chi connectivity index (χ2n) is 4.58. The molecule has 0 aliphatic carbocycles. The van der Waals surface area contributed by atoms with Gasteiger partial charge in [0.15, 0.2) is 0 Å². The van der Waals surface area contributed by atoms with Crippen LogP contribution in [-0.2, 0) is 4.74 Å². The van der Waals surface area contributed by atoms with E-state index < -0.39 is 0 Å². The molecular weight excluding hydrogens is 254 g/mol. The minimum Gasteiger partial charge on any atom is -0.380 e. The number of hydrogen-bond acceptors (Lipinski definition) is 4. The number of hydrogen-bond donors (Lipinski definition) is 2. The first-order valence-electron chi connectivity index (χ1n) is 6.54. The van der Waals surface area contributed by atoms with Crippen molar-refractivity contribution >= 4 is 22.5 Å². The molecule has 1 aromatic carbocycles. The lowest BCUT2D eigenvalue weighted by Gasteiger charge is -2.12. The summed E-state index contributed by atoms with van der Waals surface area (Å²) in [6.45, 7) is 2.35. The van der Waals surface area contributed by atoms with Crippen molar-refractivity contribution in [3.63, 3.8) is 0 Å². The molecule has 1 heterocycles. The minimum absolute atomic E-state index is 0.0248. The maximum atomic E-state index is 12.1. The van der Waals surface area contributed by atoms with Crippen molar-refractivity contribution in [2.24, 2.45) is 0 Å². The van der Waals surface area contributed by atoms with Crippen LogP contribution in [0.3, 0.4) is 0 Å². The van der Waals surface area contributed by atoms with Crippen molar-refractivity contribution in [1.29, 1.82) is 0 Å². The largest absolute Gasteiger partial charge is 0.380 e. The van der Waals surface area contributed by atoms with Gasteiger partial charge in [0.05, 0.1) is 6.10 Å². The zero-order chi connectivity index (χ0) is 14.5. The molecule has 0 bridgehead atoms. The summed E-state index contributed by atoms with van der Waals surface area (Å²) < 4.78 is 5.10. The fourth-order valence-corrected chi connectivity index (χ4v) is 1.92. The number of pyridine rings is 1. The third-order valence-electron chi connectivity index (χ3n) is 3.16. The molecule has 1 aromatic heterocycles. The molecule has 0 saturated carbocycles. The molecule has 0 fully saturated rings. The lowest BCUT2D eigenvalue weighted by atomic mass is 10.1. The molecule has 2 N–H and O–H groups in total. The van der Waals surface area contributed by atoms with E-state index in [0.29, 0.717) is 18.1 Å². The second-order valence-corrected chi connectivity index (χ2v) is 4.58. The number of ether oxygens (including phenoxy) is 1. The molecule has 106 valence electrons. The Hall–Kier alpha value is -2.14. The first kappa shape index (κ1) is 14.3. The van der Waals surface area contributed by atoms with Crippen LogP contribution in [0.4, 0.5) is 5.82 Å². The molecular formula is C15H19N3O2. The Kier molecular flexibility index (Phi) is 4.53. The molecule has 0 saturated heterocycles. The van der Waals surface area contributed by atoms with Crippen LogP contribution in [-0.4, -0.2) is 37.7 Å². The van der Waals surface area contributed by atoms with E-state index in [1.165, 1.54) is 0 Å². The zero-order valence-corrected chi connectivity index (χ0v) is 11.9. The number of carbonyl (C=O) groups excluding carboxylic acids is 1. The van der Waals surface area contributed by atoms with Crippen LogP contribution in [0.15, 0.2) is 30.3 Å². The lowest BCUT2D eigenvalue weighted by molar-refractivity contribution is 0.0866. The first-order chi connectivity index (χ1) is 9.65. The van der Waals surface area contributed by atoms with Crippen molar-refractivity contribution < 1.29 is 9.53 Å². The highest BCUT2D eigenvalue weighted by Gasteiger charge is 2.12. The van der Waals surface area contributed by atoms with Crippen LogP contribution >= 0.6 is 0 Å². The molecule has 2 rings (SSSR count). The number of benzene rings is 1. The maximum Gasteiger partial charge on any atom is 0.270 e. The molecule has 0 spiro atoms. The van der Waals surface area contributed by atoms with Crippen molar-refractivity contribution in [2.45, 2.75) is 13.0 Å². The number of nitrogens with one attached hydrogen (secondary N) is 2. The van der Waals surface area contributed by atoms with Gasteiger partial charge in [-0.25, -0.2) is 4.98 Å². The number of fused-ring (bicyclic) bond motifs is 1. The van der Waals surface area contributed by atoms with Crippen molar-refractivity contribution in [3.8, 4) is 0 Å². The van der Waals surface area contributed by atoms with Crippen molar-refractivity contribution in [2.75, 3.05) is 26.0 Å². The Labute approximate surface area is 118 Å². The number of rotatable bonds is 5. The van der Waals surface area contributed by atoms with Gasteiger partial charge in [0.1, 0.15) is 11.5 Å². The van der Waals surface area contributed by atoms with Gasteiger partial charge in [0, 0.05) is 26.1 Å². The summed E-state index contributed by atoms with van der Waals surface area (Å²) in [5, 5.41) is 7.82. The average molecular weight is 273 g/mol. The van der Waals surface area contributed by atoms with Crippen molar-refractivity contribution in [3.05, 3.63) is 36.0 Å². The van der Waals surface area contributed by atoms with Gasteiger partial charge in [0.25, 0.3) is 5.91 Å². The van der Waals surface area contributed by atoms with Gasteiger partial charge in [-0.15, -0.1) is 0 Å². The highest BCUT2D eigenvalue weighted by atomic mass is 16.5. The van der Waals surface area contributed by atoms with Gasteiger partial charge in [-0.2, -0.15) is 0 Å². The molecule has 20 heavy (non-hydrogen) atoms. The Balaban J connectivity index is 2.28. The molecule has 1 atom stereocenters. The molecule has 0 aliphatic rings. The van der Waals surface area contributed by atoms with Gasteiger partial charge >= 0.3 is 0 Å². The summed E-state index contributed by atoms with van der Waals surface area (Å²) in [6.07, 6.45) is -0.0248. The van der Waals surface area contributed by atoms with Gasteiger partial charge in [0.2, 0.25) is 0 Å². The number of methoxy groups -OCH3 is 1. The van der Waals surface area contributed by atoms with E-state index in [2.05, 4.69) is 15.6 Å². The Morgan fingerprint density at radius 1 is 1.40 bits per heavy atom. The summed E-state index contributed by atoms with van der Waals surface area (Å²) in [6, 6.07) is 9.62. The number of anilines is 1. The minimum atomic E-state index is -0.198. The smallest absolute Gasteiger partial charge is 0.270 e. The van der Waals surface area contributed by atoms with E-state index in [9.17, 15) is 4.79 Å². The third-order valence-corrected chi connectivity index (χ3v) is 3.16. The van der Waals surface area contributed by atoms with Crippen LogP contribution in [0.5, 0.6) is 0 Å². The summed E-state index contributed by atoms with van der Waals surface area (Å²) in [5.41, 5.74) is 0.399. The Bertz CT molecular complexity index is 613. The Morgan fingerprint density at radius 3 is 2.85 bits per heavy atom. The monoisotopic (exact) mass is 273 g/mol. The maximum absolute atomic E-state index is 12.1. The van der Waals surface area contributed by atoms with E-state index in [1.807, 2.05) is 31.2 Å². The van der Waals surface area contributed by atoms with E-state index in [1.54, 1.807) is 20.2 Å². The third kappa shape index (κ3) is 3.05. The fourth-order valence-electron chi connectivity index (χ4n) is 1.92. The van der Waals surface area contributed by atoms with Crippen LogP contribution < -0.4 is 10.6 Å². The Morgan fingerprint density at radius 2 is 2.15 bits per heavy atom. The average Bonchev–Trinajstić information content (AvgIpc) is 2.50. The van der Waals surface area contributed by atoms with Gasteiger partial charge in [-0.05, 0) is 18.4 Å². The molecule has 0 aliphatic heterocycles. The predicted octanol–water partition coefficient (Wildman–Crippen LogP) is 2.04. The van der Waals surface area contributed by atoms with Gasteiger partial charge < -0.3 is 15.4 Å². The van der Waals surface area contributed by atoms with Crippen LogP contribution in [0.2, 0.25) is 0 Å². The van der Waals surface area contributed by atoms with E-state index in [4.69, 9.17) is 4.74 Å². The molecule has 5 nitrogen and oxygen atoms in total. The first-order valence-corrected chi connectivity index (χ1v) is 6.54. The normalized spacial score (nSPS) is 12.2. The standard InChI is InChI=1S/C15H19N3O2/c1-10(20-3)9-17-15(19)13-8-11-6-4-5-7-12(11)14(16-2)18-13/h4-8,10H,9H2,1-3H3,(H,16,18)(H,17,19). The second kappa shape index (κ2) is 6.34. The topological polar surface area (TPSA) is 63.2 Å². The zero-order valence-electron chi connectivity index (χ0n) is 11.9. The summed E-state index contributed by atoms with van der Waals surface area (Å²) in [7, 11) is 3.41. The molecule has 1 amide bonds. The van der Waals surface area contributed by atoms with Crippen LogP contribution in [0, 0.1) is 0 Å². The molecule has 2 aromatic rings. The van der Waals surface area contributed by atoms with Gasteiger partial charge in [-0.1, -0.05) is 24.3 Å². The lowest BCUT2D eigenvalue weighted by Crippen LogP contribution is -2.32. The molecule has 1 unspecified atom stereocenters. The number of carbonyl (C=O) groups is 1.